The fourth-order valence-electron chi connectivity index (χ4n) is 2.19. The molecule has 1 aromatic carbocycles. The van der Waals surface area contributed by atoms with Gasteiger partial charge in [-0.2, -0.15) is 0 Å². The van der Waals surface area contributed by atoms with E-state index in [0.29, 0.717) is 6.61 Å². The van der Waals surface area contributed by atoms with Crippen LogP contribution in [0.2, 0.25) is 0 Å². The third-order valence-electron chi connectivity index (χ3n) is 2.95. The Balaban J connectivity index is 2.40. The molecule has 16 heavy (non-hydrogen) atoms. The molecule has 0 amide bonds. The minimum absolute atomic E-state index is 0.702. The molecule has 0 unspecified atom stereocenters. The molecule has 1 aliphatic rings. The van der Waals surface area contributed by atoms with E-state index in [2.05, 4.69) is 24.0 Å². The Hall–Kier alpha value is -1.77. The smallest absolute Gasteiger partial charge is 0.221 e. The summed E-state index contributed by atoms with van der Waals surface area (Å²) in [5.41, 5.74) is 3.25. The molecular formula is C13H13NO2. The van der Waals surface area contributed by atoms with Gasteiger partial charge in [0.2, 0.25) is 5.88 Å². The molecule has 0 spiro atoms. The van der Waals surface area contributed by atoms with Crippen molar-refractivity contribution in [1.29, 1.82) is 0 Å². The Morgan fingerprint density at radius 3 is 3.06 bits per heavy atom. The van der Waals surface area contributed by atoms with E-state index in [1.54, 1.807) is 7.11 Å². The van der Waals surface area contributed by atoms with E-state index in [1.165, 1.54) is 5.56 Å². The maximum absolute atomic E-state index is 5.51. The van der Waals surface area contributed by atoms with Crippen molar-refractivity contribution in [1.82, 2.24) is 4.98 Å². The third kappa shape index (κ3) is 1.24. The zero-order valence-electron chi connectivity index (χ0n) is 9.41. The minimum Gasteiger partial charge on any atom is -0.496 e. The van der Waals surface area contributed by atoms with Gasteiger partial charge in [0, 0.05) is 11.8 Å². The lowest BCUT2D eigenvalue weighted by molar-refractivity contribution is 0.345. The lowest BCUT2D eigenvalue weighted by Crippen LogP contribution is -1.93. The molecule has 0 N–H and O–H groups in total. The average Bonchev–Trinajstić information content (AvgIpc) is 2.73. The lowest BCUT2D eigenvalue weighted by atomic mass is 10.1. The van der Waals surface area contributed by atoms with Crippen LogP contribution in [0.25, 0.3) is 10.9 Å². The van der Waals surface area contributed by atoms with Crippen LogP contribution >= 0.6 is 0 Å². The van der Waals surface area contributed by atoms with E-state index in [9.17, 15) is 0 Å². The summed E-state index contributed by atoms with van der Waals surface area (Å²) in [5, 5.41) is 1.08. The minimum atomic E-state index is 0.702. The highest BCUT2D eigenvalue weighted by Gasteiger charge is 2.21. The normalized spacial score (nSPS) is 13.6. The van der Waals surface area contributed by atoms with Crippen LogP contribution < -0.4 is 9.47 Å². The molecule has 0 saturated heterocycles. The van der Waals surface area contributed by atoms with Crippen molar-refractivity contribution in [3.63, 3.8) is 0 Å². The highest BCUT2D eigenvalue weighted by Crippen LogP contribution is 2.37. The van der Waals surface area contributed by atoms with Gasteiger partial charge in [-0.05, 0) is 19.1 Å². The Labute approximate surface area is 94.0 Å². The number of ether oxygens (including phenoxy) is 2. The first-order valence-electron chi connectivity index (χ1n) is 5.39. The molecule has 3 heteroatoms. The molecule has 3 rings (SSSR count). The van der Waals surface area contributed by atoms with Crippen molar-refractivity contribution >= 4 is 10.9 Å². The molecule has 0 radical (unpaired) electrons. The summed E-state index contributed by atoms with van der Waals surface area (Å²) in [6.07, 6.45) is 0.884. The monoisotopic (exact) mass is 215 g/mol. The largest absolute Gasteiger partial charge is 0.496 e. The van der Waals surface area contributed by atoms with Gasteiger partial charge in [-0.1, -0.05) is 11.6 Å². The van der Waals surface area contributed by atoms with Gasteiger partial charge in [-0.15, -0.1) is 0 Å². The quantitative estimate of drug-likeness (QED) is 0.732. The summed E-state index contributed by atoms with van der Waals surface area (Å²) < 4.78 is 11.0. The van der Waals surface area contributed by atoms with Gasteiger partial charge in [0.1, 0.15) is 5.75 Å². The second-order valence-corrected chi connectivity index (χ2v) is 4.05. The summed E-state index contributed by atoms with van der Waals surface area (Å²) in [6, 6.07) is 6.17. The Morgan fingerprint density at radius 1 is 1.38 bits per heavy atom. The first-order chi connectivity index (χ1) is 7.79. The maximum atomic E-state index is 5.51. The number of hydrogen-bond donors (Lipinski definition) is 0. The van der Waals surface area contributed by atoms with Crippen molar-refractivity contribution in [2.24, 2.45) is 0 Å². The van der Waals surface area contributed by atoms with Crippen molar-refractivity contribution in [2.75, 3.05) is 13.7 Å². The molecule has 1 aliphatic heterocycles. The molecule has 1 aromatic heterocycles. The number of rotatable bonds is 1. The van der Waals surface area contributed by atoms with Crippen LogP contribution in [0.1, 0.15) is 11.1 Å². The Kier molecular flexibility index (Phi) is 1.99. The number of pyridine rings is 1. The van der Waals surface area contributed by atoms with Gasteiger partial charge in [0.25, 0.3) is 0 Å². The number of nitrogens with zero attached hydrogens (tertiary/aromatic N) is 1. The Bertz CT molecular complexity index is 563. The fraction of sp³-hybridized carbons (Fsp3) is 0.308. The molecule has 0 saturated carbocycles. The van der Waals surface area contributed by atoms with Crippen molar-refractivity contribution in [2.45, 2.75) is 13.3 Å². The number of aryl methyl sites for hydroxylation is 1. The van der Waals surface area contributed by atoms with Crippen molar-refractivity contribution in [3.8, 4) is 11.6 Å². The standard InChI is InChI=1S/C13H13NO2/c1-8-3-4-11-10(7-8)12(15-2)9-5-6-16-13(9)14-11/h3-4,7H,5-6H2,1-2H3. The number of fused-ring (bicyclic) bond motifs is 2. The molecule has 0 fully saturated rings. The Morgan fingerprint density at radius 2 is 2.25 bits per heavy atom. The summed E-state index contributed by atoms with van der Waals surface area (Å²) in [6.45, 7) is 2.77. The molecule has 0 atom stereocenters. The topological polar surface area (TPSA) is 31.4 Å². The molecule has 0 bridgehead atoms. The highest BCUT2D eigenvalue weighted by molar-refractivity contribution is 5.88. The number of methoxy groups -OCH3 is 1. The first kappa shape index (κ1) is 9.46. The third-order valence-corrected chi connectivity index (χ3v) is 2.95. The van der Waals surface area contributed by atoms with E-state index < -0.39 is 0 Å². The molecule has 2 aromatic rings. The lowest BCUT2D eigenvalue weighted by Gasteiger charge is -2.09. The van der Waals surface area contributed by atoms with Crippen LogP contribution in [0.3, 0.4) is 0 Å². The number of hydrogen-bond acceptors (Lipinski definition) is 3. The van der Waals surface area contributed by atoms with Crippen molar-refractivity contribution in [3.05, 3.63) is 29.3 Å². The predicted octanol–water partition coefficient (Wildman–Crippen LogP) is 2.49. The van der Waals surface area contributed by atoms with Crippen LogP contribution in [0.15, 0.2) is 18.2 Å². The van der Waals surface area contributed by atoms with Gasteiger partial charge in [-0.25, -0.2) is 4.98 Å². The molecule has 3 nitrogen and oxygen atoms in total. The maximum Gasteiger partial charge on any atom is 0.221 e. The summed E-state index contributed by atoms with van der Waals surface area (Å²) >= 11 is 0. The molecule has 82 valence electrons. The van der Waals surface area contributed by atoms with Crippen molar-refractivity contribution < 1.29 is 9.47 Å². The first-order valence-corrected chi connectivity index (χ1v) is 5.39. The van der Waals surface area contributed by atoms with Crippen LogP contribution in [0.4, 0.5) is 0 Å². The molecular weight excluding hydrogens is 202 g/mol. The second-order valence-electron chi connectivity index (χ2n) is 4.05. The van der Waals surface area contributed by atoms with Crippen LogP contribution in [-0.4, -0.2) is 18.7 Å². The van der Waals surface area contributed by atoms with Crippen LogP contribution in [0.5, 0.6) is 11.6 Å². The summed E-state index contributed by atoms with van der Waals surface area (Å²) in [4.78, 5) is 4.50. The van der Waals surface area contributed by atoms with Gasteiger partial charge in [0.05, 0.1) is 24.8 Å². The fourth-order valence-corrected chi connectivity index (χ4v) is 2.19. The van der Waals surface area contributed by atoms with Crippen LogP contribution in [0, 0.1) is 6.92 Å². The van der Waals surface area contributed by atoms with E-state index in [0.717, 1.165) is 34.5 Å². The number of benzene rings is 1. The van der Waals surface area contributed by atoms with E-state index in [4.69, 9.17) is 9.47 Å². The summed E-state index contributed by atoms with van der Waals surface area (Å²) in [5.74, 6) is 1.65. The van der Waals surface area contributed by atoms with Gasteiger partial charge >= 0.3 is 0 Å². The predicted molar refractivity (Wildman–Crippen MR) is 62.2 cm³/mol. The summed E-state index contributed by atoms with van der Waals surface area (Å²) in [7, 11) is 1.70. The van der Waals surface area contributed by atoms with E-state index >= 15 is 0 Å². The highest BCUT2D eigenvalue weighted by atomic mass is 16.5. The van der Waals surface area contributed by atoms with Gasteiger partial charge in [-0.3, -0.25) is 0 Å². The number of aromatic nitrogens is 1. The zero-order valence-corrected chi connectivity index (χ0v) is 9.41. The average molecular weight is 215 g/mol. The van der Waals surface area contributed by atoms with Gasteiger partial charge < -0.3 is 9.47 Å². The second kappa shape index (κ2) is 3.37. The van der Waals surface area contributed by atoms with Crippen LogP contribution in [-0.2, 0) is 6.42 Å². The zero-order chi connectivity index (χ0) is 11.1. The molecule has 2 heterocycles. The SMILES string of the molecule is COc1c2c(nc3ccc(C)cc13)OCC2. The van der Waals surface area contributed by atoms with E-state index in [-0.39, 0.29) is 0 Å². The van der Waals surface area contributed by atoms with Gasteiger partial charge in [0.15, 0.2) is 0 Å². The van der Waals surface area contributed by atoms with E-state index in [1.807, 2.05) is 6.07 Å². The molecule has 0 aliphatic carbocycles.